The van der Waals surface area contributed by atoms with Crippen LogP contribution in [0.15, 0.2) is 34.8 Å². The van der Waals surface area contributed by atoms with Gasteiger partial charge in [0.05, 0.1) is 11.6 Å². The molecule has 0 saturated heterocycles. The number of nitrogens with two attached hydrogens (primary N) is 1. The van der Waals surface area contributed by atoms with Crippen LogP contribution in [-0.2, 0) is 16.0 Å². The number of carbonyl (C=O) groups excluding carboxylic acids is 3. The third-order valence-electron chi connectivity index (χ3n) is 7.03. The van der Waals surface area contributed by atoms with E-state index in [9.17, 15) is 34.1 Å². The first kappa shape index (κ1) is 22.9. The Labute approximate surface area is 189 Å². The number of primary amides is 1. The number of likely N-dealkylation sites (N-methyl/N-ethyl adjacent to an activating group) is 1. The minimum Gasteiger partial charge on any atom is -0.510 e. The highest BCUT2D eigenvalue weighted by Gasteiger charge is 2.63. The number of Topliss-reactive ketones (excluding diaryl/α,β-unsaturated/α-hetero) is 2. The van der Waals surface area contributed by atoms with Crippen LogP contribution in [0.1, 0.15) is 22.3 Å². The highest BCUT2D eigenvalue weighted by molar-refractivity contribution is 6.24. The topological polar surface area (TPSA) is 144 Å². The van der Waals surface area contributed by atoms with E-state index in [2.05, 4.69) is 0 Å². The van der Waals surface area contributed by atoms with Crippen LogP contribution in [0.25, 0.3) is 0 Å². The fourth-order valence-electron chi connectivity index (χ4n) is 5.63. The van der Waals surface area contributed by atoms with Crippen molar-refractivity contribution >= 4 is 23.2 Å². The molecule has 0 heterocycles. The van der Waals surface area contributed by atoms with Crippen molar-refractivity contribution in [1.29, 1.82) is 0 Å². The molecule has 1 aromatic carbocycles. The van der Waals surface area contributed by atoms with Crippen LogP contribution < -0.4 is 10.6 Å². The van der Waals surface area contributed by atoms with Crippen molar-refractivity contribution in [3.05, 3.63) is 51.7 Å². The maximum Gasteiger partial charge on any atom is 0.255 e. The molecule has 0 aliphatic heterocycles. The van der Waals surface area contributed by atoms with Crippen LogP contribution in [-0.4, -0.2) is 77.5 Å². The molecule has 0 saturated carbocycles. The van der Waals surface area contributed by atoms with Crippen molar-refractivity contribution in [2.24, 2.45) is 17.6 Å². The summed E-state index contributed by atoms with van der Waals surface area (Å²) in [5, 5.41) is 33.4. The quantitative estimate of drug-likeness (QED) is 0.482. The van der Waals surface area contributed by atoms with E-state index >= 15 is 0 Å². The Kier molecular flexibility index (Phi) is 5.14. The lowest BCUT2D eigenvalue weighted by Crippen LogP contribution is -2.63. The zero-order chi connectivity index (χ0) is 24.6. The van der Waals surface area contributed by atoms with Crippen LogP contribution in [0.5, 0.6) is 0 Å². The van der Waals surface area contributed by atoms with Gasteiger partial charge in [-0.2, -0.15) is 0 Å². The summed E-state index contributed by atoms with van der Waals surface area (Å²) in [5.41, 5.74) is 2.43. The molecule has 0 aromatic heterocycles. The molecule has 33 heavy (non-hydrogen) atoms. The van der Waals surface area contributed by atoms with Crippen molar-refractivity contribution in [2.75, 3.05) is 33.1 Å². The average molecular weight is 459 g/mol. The van der Waals surface area contributed by atoms with Gasteiger partial charge < -0.3 is 26.0 Å². The van der Waals surface area contributed by atoms with Crippen molar-refractivity contribution in [3.8, 4) is 0 Å². The first-order chi connectivity index (χ1) is 15.3. The van der Waals surface area contributed by atoms with Gasteiger partial charge in [-0.25, -0.2) is 4.39 Å². The Balaban J connectivity index is 1.98. The third-order valence-corrected chi connectivity index (χ3v) is 7.03. The molecule has 0 unspecified atom stereocenters. The van der Waals surface area contributed by atoms with Gasteiger partial charge in [0.15, 0.2) is 11.4 Å². The number of anilines is 1. The molecule has 5 N–H and O–H groups in total. The Morgan fingerprint density at radius 2 is 1.82 bits per heavy atom. The summed E-state index contributed by atoms with van der Waals surface area (Å²) < 4.78 is 14.8. The number of carbonyl (C=O) groups is 3. The minimum absolute atomic E-state index is 0.0230. The summed E-state index contributed by atoms with van der Waals surface area (Å²) >= 11 is 0. The second kappa shape index (κ2) is 7.39. The molecule has 0 bridgehead atoms. The molecule has 3 aliphatic rings. The number of allylic oxidation sites excluding steroid dienone is 1. The largest absolute Gasteiger partial charge is 0.510 e. The number of rotatable bonds is 3. The van der Waals surface area contributed by atoms with Crippen molar-refractivity contribution < 1.29 is 34.1 Å². The molecule has 0 spiro atoms. The molecule has 0 radical (unpaired) electrons. The normalized spacial score (nSPS) is 29.1. The number of aliphatic hydroxyl groups is 3. The van der Waals surface area contributed by atoms with E-state index in [0.29, 0.717) is 11.3 Å². The number of ketones is 2. The van der Waals surface area contributed by atoms with E-state index in [1.807, 2.05) is 0 Å². The number of hydrogen-bond donors (Lipinski definition) is 4. The van der Waals surface area contributed by atoms with Gasteiger partial charge in [0.1, 0.15) is 22.9 Å². The van der Waals surface area contributed by atoms with Gasteiger partial charge in [0.25, 0.3) is 5.91 Å². The van der Waals surface area contributed by atoms with E-state index in [1.165, 1.54) is 4.90 Å². The van der Waals surface area contributed by atoms with Gasteiger partial charge in [-0.05, 0) is 50.6 Å². The number of amides is 1. The zero-order valence-corrected chi connectivity index (χ0v) is 18.7. The first-order valence-corrected chi connectivity index (χ1v) is 10.5. The summed E-state index contributed by atoms with van der Waals surface area (Å²) in [6, 6.07) is 1.69. The maximum absolute atomic E-state index is 14.8. The zero-order valence-electron chi connectivity index (χ0n) is 18.7. The maximum atomic E-state index is 14.8. The summed E-state index contributed by atoms with van der Waals surface area (Å²) in [5.74, 6) is -7.37. The fourth-order valence-corrected chi connectivity index (χ4v) is 5.63. The van der Waals surface area contributed by atoms with Crippen LogP contribution in [0.2, 0.25) is 0 Å². The molecule has 176 valence electrons. The standard InChI is InChI=1S/C23H26FN3O6/c1-26(2)13-6-5-12(24)15-10(13)7-9-8-11-17(27(3)4)19(29)16(22(25)32)21(31)23(11,33)20(30)14(9)18(15)28/h5-6,9,11,17,29-30,33H,7-8H2,1-4H3,(H2,25,32)/t9-,11-,17-,23-/m0/s1. The summed E-state index contributed by atoms with van der Waals surface area (Å²) in [6.45, 7) is 0. The summed E-state index contributed by atoms with van der Waals surface area (Å²) in [6.07, 6.45) is 0.203. The fraction of sp³-hybridized carbons (Fsp3) is 0.435. The predicted octanol–water partition coefficient (Wildman–Crippen LogP) is 0.620. The molecule has 4 atom stereocenters. The van der Waals surface area contributed by atoms with Gasteiger partial charge in [-0.1, -0.05) is 0 Å². The van der Waals surface area contributed by atoms with Gasteiger partial charge >= 0.3 is 0 Å². The smallest absolute Gasteiger partial charge is 0.255 e. The van der Waals surface area contributed by atoms with Gasteiger partial charge in [0.2, 0.25) is 5.78 Å². The van der Waals surface area contributed by atoms with Crippen LogP contribution >= 0.6 is 0 Å². The Hall–Kier alpha value is -3.24. The number of aliphatic hydroxyl groups excluding tert-OH is 2. The Morgan fingerprint density at radius 1 is 1.18 bits per heavy atom. The lowest BCUT2D eigenvalue weighted by Gasteiger charge is -2.50. The third kappa shape index (κ3) is 2.94. The molecule has 1 aromatic rings. The number of fused-ring (bicyclic) bond motifs is 3. The van der Waals surface area contributed by atoms with Crippen molar-refractivity contribution in [1.82, 2.24) is 4.90 Å². The monoisotopic (exact) mass is 459 g/mol. The Bertz CT molecular complexity index is 1170. The van der Waals surface area contributed by atoms with E-state index in [0.717, 1.165) is 6.07 Å². The van der Waals surface area contributed by atoms with Crippen LogP contribution in [0.3, 0.4) is 0 Å². The lowest BCUT2D eigenvalue weighted by atomic mass is 9.58. The van der Waals surface area contributed by atoms with Crippen LogP contribution in [0.4, 0.5) is 10.1 Å². The van der Waals surface area contributed by atoms with Crippen LogP contribution in [0, 0.1) is 17.7 Å². The molecule has 0 fully saturated rings. The average Bonchev–Trinajstić information content (AvgIpc) is 2.70. The molecule has 10 heteroatoms. The van der Waals surface area contributed by atoms with E-state index in [4.69, 9.17) is 5.73 Å². The summed E-state index contributed by atoms with van der Waals surface area (Å²) in [7, 11) is 6.67. The molecule has 1 amide bonds. The second-order valence-corrected chi connectivity index (χ2v) is 9.28. The van der Waals surface area contributed by atoms with Gasteiger partial charge in [0, 0.05) is 31.3 Å². The molecule has 4 rings (SSSR count). The first-order valence-electron chi connectivity index (χ1n) is 10.5. The number of nitrogens with zero attached hydrogens (tertiary/aromatic N) is 2. The predicted molar refractivity (Wildman–Crippen MR) is 116 cm³/mol. The number of hydrogen-bond acceptors (Lipinski definition) is 8. The van der Waals surface area contributed by atoms with Gasteiger partial charge in [-0.3, -0.25) is 19.3 Å². The highest BCUT2D eigenvalue weighted by Crippen LogP contribution is 2.52. The molecule has 3 aliphatic carbocycles. The lowest BCUT2D eigenvalue weighted by molar-refractivity contribution is -0.148. The molecular weight excluding hydrogens is 433 g/mol. The number of benzene rings is 1. The SMILES string of the molecule is CN(C)c1ccc(F)c2c1C[C@H]1C[C@H]3[C@H](N(C)C)C(O)=C(C(N)=O)C(=O)[C@@]3(O)C(O)=C1C2=O. The molecule has 9 nitrogen and oxygen atoms in total. The van der Waals surface area contributed by atoms with Crippen molar-refractivity contribution in [2.45, 2.75) is 24.5 Å². The van der Waals surface area contributed by atoms with Gasteiger partial charge in [-0.15, -0.1) is 0 Å². The number of halogens is 1. The molecular formula is C23H26FN3O6. The second-order valence-electron chi connectivity index (χ2n) is 9.28. The van der Waals surface area contributed by atoms with Crippen molar-refractivity contribution in [3.63, 3.8) is 0 Å². The Morgan fingerprint density at radius 3 is 2.36 bits per heavy atom. The minimum atomic E-state index is -2.67. The highest BCUT2D eigenvalue weighted by atomic mass is 19.1. The van der Waals surface area contributed by atoms with E-state index in [-0.39, 0.29) is 24.0 Å². The van der Waals surface area contributed by atoms with E-state index in [1.54, 1.807) is 39.2 Å². The summed E-state index contributed by atoms with van der Waals surface area (Å²) in [4.78, 5) is 41.8. The van der Waals surface area contributed by atoms with E-state index < -0.39 is 63.9 Å².